The van der Waals surface area contributed by atoms with Crippen LogP contribution in [0.25, 0.3) is 39.0 Å². The van der Waals surface area contributed by atoms with E-state index in [2.05, 4.69) is 0 Å². The van der Waals surface area contributed by atoms with Crippen LogP contribution >= 0.6 is 0 Å². The lowest BCUT2D eigenvalue weighted by Crippen LogP contribution is -2.16. The molecule has 168 valence electrons. The minimum atomic E-state index is -0.231. The van der Waals surface area contributed by atoms with E-state index in [1.807, 2.05) is 60.7 Å². The lowest BCUT2D eigenvalue weighted by Gasteiger charge is -2.15. The molecule has 0 unspecified atom stereocenters. The summed E-state index contributed by atoms with van der Waals surface area (Å²) in [6.07, 6.45) is 3.23. The lowest BCUT2D eigenvalue weighted by atomic mass is 9.88. The highest BCUT2D eigenvalue weighted by molar-refractivity contribution is 6.39. The largest absolute Gasteiger partial charge is 0.289 e. The second-order valence-corrected chi connectivity index (χ2v) is 8.87. The average molecular weight is 464 g/mol. The quantitative estimate of drug-likeness (QED) is 0.300. The molecular weight excluding hydrogens is 448 g/mol. The van der Waals surface area contributed by atoms with E-state index in [4.69, 9.17) is 9.97 Å². The zero-order valence-electron chi connectivity index (χ0n) is 18.9. The highest BCUT2D eigenvalue weighted by Gasteiger charge is 2.27. The standard InChI is InChI=1S/C31H16N2O3/c34-27-16-24(31(36)22-8-4-3-7-21(22)27)26-14-12-18-10-9-17-11-13-25(32-28(17)29(18)33-26)23-15-19-5-1-2-6-20(19)30(23)35/h1-16H. The minimum Gasteiger partial charge on any atom is -0.289 e. The van der Waals surface area contributed by atoms with E-state index in [1.165, 1.54) is 6.08 Å². The van der Waals surface area contributed by atoms with Crippen molar-refractivity contribution in [1.82, 2.24) is 9.97 Å². The van der Waals surface area contributed by atoms with Gasteiger partial charge in [-0.2, -0.15) is 0 Å². The zero-order valence-corrected chi connectivity index (χ0v) is 18.9. The van der Waals surface area contributed by atoms with E-state index >= 15 is 0 Å². The van der Waals surface area contributed by atoms with Gasteiger partial charge in [0.1, 0.15) is 0 Å². The summed E-state index contributed by atoms with van der Waals surface area (Å²) in [5, 5.41) is 1.71. The van der Waals surface area contributed by atoms with Crippen molar-refractivity contribution in [3.05, 3.63) is 125 Å². The van der Waals surface area contributed by atoms with Crippen molar-refractivity contribution >= 4 is 56.4 Å². The molecule has 2 aliphatic rings. The predicted molar refractivity (Wildman–Crippen MR) is 139 cm³/mol. The van der Waals surface area contributed by atoms with E-state index in [0.717, 1.165) is 16.3 Å². The molecule has 5 heteroatoms. The molecule has 36 heavy (non-hydrogen) atoms. The third-order valence-corrected chi connectivity index (χ3v) is 6.78. The van der Waals surface area contributed by atoms with Crippen LogP contribution in [0, 0.1) is 0 Å². The van der Waals surface area contributed by atoms with Crippen LogP contribution in [0.1, 0.15) is 48.0 Å². The Hall–Kier alpha value is -5.03. The number of nitrogens with zero attached hydrogens (tertiary/aromatic N) is 2. The summed E-state index contributed by atoms with van der Waals surface area (Å²) in [4.78, 5) is 48.6. The first kappa shape index (κ1) is 20.4. The second kappa shape index (κ2) is 7.48. The maximum atomic E-state index is 13.2. The number of allylic oxidation sites excluding steroid dienone is 3. The Morgan fingerprint density at radius 3 is 1.61 bits per heavy atom. The van der Waals surface area contributed by atoms with Gasteiger partial charge in [0.25, 0.3) is 0 Å². The number of carbonyl (C=O) groups excluding carboxylic acids is 3. The van der Waals surface area contributed by atoms with Crippen molar-refractivity contribution in [1.29, 1.82) is 0 Å². The summed E-state index contributed by atoms with van der Waals surface area (Å²) in [5.74, 6) is -0.501. The van der Waals surface area contributed by atoms with Gasteiger partial charge in [0, 0.05) is 33.0 Å². The summed E-state index contributed by atoms with van der Waals surface area (Å²) in [5.41, 5.74) is 5.36. The van der Waals surface area contributed by atoms with Crippen LogP contribution in [0.2, 0.25) is 0 Å². The number of hydrogen-bond acceptors (Lipinski definition) is 5. The Morgan fingerprint density at radius 2 is 0.972 bits per heavy atom. The van der Waals surface area contributed by atoms with Gasteiger partial charge in [-0.05, 0) is 29.8 Å². The van der Waals surface area contributed by atoms with Gasteiger partial charge in [-0.25, -0.2) is 9.97 Å². The van der Waals surface area contributed by atoms with E-state index in [-0.39, 0.29) is 22.9 Å². The van der Waals surface area contributed by atoms with Gasteiger partial charge in [-0.15, -0.1) is 0 Å². The molecule has 2 heterocycles. The van der Waals surface area contributed by atoms with Gasteiger partial charge in [0.05, 0.1) is 28.0 Å². The molecule has 0 atom stereocenters. The van der Waals surface area contributed by atoms with Crippen molar-refractivity contribution < 1.29 is 14.4 Å². The number of Topliss-reactive ketones (excluding diaryl/α,β-unsaturated/α-hetero) is 2. The fourth-order valence-electron chi connectivity index (χ4n) is 4.96. The monoisotopic (exact) mass is 464 g/mol. The fourth-order valence-corrected chi connectivity index (χ4v) is 4.96. The van der Waals surface area contributed by atoms with E-state index < -0.39 is 0 Å². The molecule has 0 spiro atoms. The molecule has 0 radical (unpaired) electrons. The first-order valence-electron chi connectivity index (χ1n) is 11.5. The summed E-state index contributed by atoms with van der Waals surface area (Å²) in [7, 11) is 0. The number of ketones is 3. The molecule has 5 nitrogen and oxygen atoms in total. The van der Waals surface area contributed by atoms with Crippen LogP contribution in [0.3, 0.4) is 0 Å². The van der Waals surface area contributed by atoms with E-state index in [9.17, 15) is 14.4 Å². The normalized spacial score (nSPS) is 14.6. The van der Waals surface area contributed by atoms with Gasteiger partial charge >= 0.3 is 0 Å². The van der Waals surface area contributed by atoms with Gasteiger partial charge in [0.15, 0.2) is 17.3 Å². The first-order valence-corrected chi connectivity index (χ1v) is 11.5. The second-order valence-electron chi connectivity index (χ2n) is 8.87. The molecule has 7 rings (SSSR count). The predicted octanol–water partition coefficient (Wildman–Crippen LogP) is 5.98. The molecule has 3 aromatic carbocycles. The molecule has 0 N–H and O–H groups in total. The summed E-state index contributed by atoms with van der Waals surface area (Å²) >= 11 is 0. The topological polar surface area (TPSA) is 77.0 Å². The Bertz CT molecular complexity index is 1900. The number of pyridine rings is 2. The average Bonchev–Trinajstić information content (AvgIpc) is 3.26. The van der Waals surface area contributed by atoms with Crippen molar-refractivity contribution in [2.24, 2.45) is 0 Å². The third kappa shape index (κ3) is 2.93. The molecule has 2 aromatic heterocycles. The van der Waals surface area contributed by atoms with Crippen LogP contribution in [0.5, 0.6) is 0 Å². The van der Waals surface area contributed by atoms with Crippen molar-refractivity contribution in [2.45, 2.75) is 0 Å². The molecule has 0 fully saturated rings. The molecule has 5 aromatic rings. The maximum Gasteiger partial charge on any atom is 0.196 e. The SMILES string of the molecule is O=C1C(c2ccc3ccc4ccc(C5=CC(=O)c6ccccc6C5=O)nc4c3n2)=Cc2ccccc21. The first-order chi connectivity index (χ1) is 17.6. The Kier molecular flexibility index (Phi) is 4.23. The molecule has 0 saturated carbocycles. The number of hydrogen-bond donors (Lipinski definition) is 0. The van der Waals surface area contributed by atoms with Crippen molar-refractivity contribution in [3.8, 4) is 0 Å². The number of fused-ring (bicyclic) bond motifs is 5. The highest BCUT2D eigenvalue weighted by atomic mass is 16.1. The van der Waals surface area contributed by atoms with Crippen LogP contribution in [-0.4, -0.2) is 27.3 Å². The maximum absolute atomic E-state index is 13.2. The van der Waals surface area contributed by atoms with Gasteiger partial charge in [-0.1, -0.05) is 72.8 Å². The molecule has 2 aliphatic carbocycles. The third-order valence-electron chi connectivity index (χ3n) is 6.78. The molecule has 0 aliphatic heterocycles. The van der Waals surface area contributed by atoms with E-state index in [1.54, 1.807) is 30.3 Å². The minimum absolute atomic E-state index is 0.0542. The van der Waals surface area contributed by atoms with Gasteiger partial charge in [0.2, 0.25) is 0 Å². The van der Waals surface area contributed by atoms with Crippen molar-refractivity contribution in [3.63, 3.8) is 0 Å². The highest BCUT2D eigenvalue weighted by Crippen LogP contribution is 2.33. The summed E-state index contributed by atoms with van der Waals surface area (Å²) < 4.78 is 0. The molecular formula is C31H16N2O3. The summed E-state index contributed by atoms with van der Waals surface area (Å²) in [6.45, 7) is 0. The molecule has 0 bridgehead atoms. The summed E-state index contributed by atoms with van der Waals surface area (Å²) in [6, 6.07) is 25.6. The lowest BCUT2D eigenvalue weighted by molar-refractivity contribution is 0.100. The van der Waals surface area contributed by atoms with E-state index in [0.29, 0.717) is 44.7 Å². The molecule has 0 amide bonds. The van der Waals surface area contributed by atoms with Crippen LogP contribution in [0.15, 0.2) is 91.0 Å². The van der Waals surface area contributed by atoms with Gasteiger partial charge in [-0.3, -0.25) is 14.4 Å². The van der Waals surface area contributed by atoms with Crippen molar-refractivity contribution in [2.75, 3.05) is 0 Å². The fraction of sp³-hybridized carbons (Fsp3) is 0. The number of benzene rings is 3. The number of carbonyl (C=O) groups is 3. The van der Waals surface area contributed by atoms with Crippen LogP contribution in [-0.2, 0) is 0 Å². The number of aromatic nitrogens is 2. The van der Waals surface area contributed by atoms with Crippen LogP contribution < -0.4 is 0 Å². The van der Waals surface area contributed by atoms with Gasteiger partial charge < -0.3 is 0 Å². The smallest absolute Gasteiger partial charge is 0.196 e. The Balaban J connectivity index is 1.39. The Morgan fingerprint density at radius 1 is 0.472 bits per heavy atom. The Labute approximate surface area is 205 Å². The zero-order chi connectivity index (χ0) is 24.4. The number of rotatable bonds is 2. The van der Waals surface area contributed by atoms with Crippen LogP contribution in [0.4, 0.5) is 0 Å². The molecule has 0 saturated heterocycles.